The van der Waals surface area contributed by atoms with E-state index in [2.05, 4.69) is 84.9 Å². The highest BCUT2D eigenvalue weighted by Crippen LogP contribution is 2.44. The maximum Gasteiger partial charge on any atom is 0.166 e. The van der Waals surface area contributed by atoms with Gasteiger partial charge >= 0.3 is 0 Å². The highest BCUT2D eigenvalue weighted by molar-refractivity contribution is 6.21. The second-order valence-corrected chi connectivity index (χ2v) is 11.0. The van der Waals surface area contributed by atoms with E-state index in [9.17, 15) is 9.90 Å². The van der Waals surface area contributed by atoms with E-state index in [1.54, 1.807) is 0 Å². The van der Waals surface area contributed by atoms with Gasteiger partial charge in [-0.25, -0.2) is 0 Å². The third-order valence-electron chi connectivity index (χ3n) is 7.29. The number of fused-ring (bicyclic) bond motifs is 1. The van der Waals surface area contributed by atoms with Gasteiger partial charge in [-0.15, -0.1) is 0 Å². The van der Waals surface area contributed by atoms with Gasteiger partial charge < -0.3 is 5.11 Å². The van der Waals surface area contributed by atoms with Crippen LogP contribution in [0.25, 0.3) is 11.1 Å². The average Bonchev–Trinajstić information content (AvgIpc) is 2.73. The number of carbonyl (C=O) groups is 1. The van der Waals surface area contributed by atoms with Crippen molar-refractivity contribution in [3.05, 3.63) is 93.3 Å². The first-order valence-electron chi connectivity index (χ1n) is 12.0. The number of carbonyl (C=O) groups excluding carboxylic acids is 1. The largest absolute Gasteiger partial charge is 0.512 e. The van der Waals surface area contributed by atoms with E-state index < -0.39 is 0 Å². The number of allylic oxidation sites excluding steroid dienone is 5. The summed E-state index contributed by atoms with van der Waals surface area (Å²) in [7, 11) is 0. The van der Waals surface area contributed by atoms with Gasteiger partial charge in [0.25, 0.3) is 0 Å². The van der Waals surface area contributed by atoms with Gasteiger partial charge in [-0.1, -0.05) is 75.8 Å². The van der Waals surface area contributed by atoms with Crippen LogP contribution in [0.4, 0.5) is 0 Å². The summed E-state index contributed by atoms with van der Waals surface area (Å²) in [5.74, 6) is 0.266. The Labute approximate surface area is 198 Å². The first-order valence-corrected chi connectivity index (χ1v) is 12.0. The Kier molecular flexibility index (Phi) is 5.76. The molecule has 0 heterocycles. The molecule has 0 fully saturated rings. The lowest BCUT2D eigenvalue weighted by molar-refractivity contribution is -0.114. The van der Waals surface area contributed by atoms with Crippen LogP contribution in [0, 0.1) is 6.92 Å². The van der Waals surface area contributed by atoms with Gasteiger partial charge in [0.2, 0.25) is 0 Å². The van der Waals surface area contributed by atoms with Crippen molar-refractivity contribution in [3.8, 4) is 0 Å². The third-order valence-corrected chi connectivity index (χ3v) is 7.29. The molecule has 2 aliphatic rings. The van der Waals surface area contributed by atoms with Crippen LogP contribution in [0.3, 0.4) is 0 Å². The Morgan fingerprint density at radius 1 is 0.879 bits per heavy atom. The van der Waals surface area contributed by atoms with Crippen LogP contribution in [0.2, 0.25) is 0 Å². The summed E-state index contributed by atoms with van der Waals surface area (Å²) >= 11 is 0. The minimum absolute atomic E-state index is 0.0171. The number of hydrogen-bond acceptors (Lipinski definition) is 2. The lowest BCUT2D eigenvalue weighted by Crippen LogP contribution is -2.29. The van der Waals surface area contributed by atoms with Gasteiger partial charge in [0.1, 0.15) is 5.76 Å². The van der Waals surface area contributed by atoms with E-state index in [1.165, 1.54) is 33.4 Å². The first kappa shape index (κ1) is 23.3. The van der Waals surface area contributed by atoms with E-state index >= 15 is 0 Å². The van der Waals surface area contributed by atoms with Gasteiger partial charge in [-0.3, -0.25) is 4.79 Å². The molecule has 172 valence electrons. The van der Waals surface area contributed by atoms with Crippen LogP contribution in [-0.4, -0.2) is 10.9 Å². The molecule has 0 bridgehead atoms. The molecular weight excluding hydrogens is 404 g/mol. The van der Waals surface area contributed by atoms with Gasteiger partial charge in [-0.05, 0) is 72.2 Å². The first-order chi connectivity index (χ1) is 15.4. The zero-order valence-corrected chi connectivity index (χ0v) is 21.1. The predicted octanol–water partition coefficient (Wildman–Crippen LogP) is 7.98. The maximum absolute atomic E-state index is 12.4. The lowest BCUT2D eigenvalue weighted by Gasteiger charge is -2.37. The highest BCUT2D eigenvalue weighted by Gasteiger charge is 2.33. The Hall–Kier alpha value is -2.87. The molecule has 2 heteroatoms. The van der Waals surface area contributed by atoms with Crippen molar-refractivity contribution < 1.29 is 9.90 Å². The number of hydrogen-bond donors (Lipinski definition) is 1. The lowest BCUT2D eigenvalue weighted by atomic mass is 9.66. The SMILES string of the molecule is CC(C)=C(c1ccc(C2=C(O)CCCC2=O)cc1)c1cc2c(cc1C)C(C)(C)C=CC2(C)C. The molecule has 0 unspecified atom stereocenters. The maximum atomic E-state index is 12.4. The molecule has 4 rings (SSSR count). The zero-order chi connectivity index (χ0) is 24.1. The Morgan fingerprint density at radius 3 is 2.00 bits per heavy atom. The van der Waals surface area contributed by atoms with Crippen molar-refractivity contribution in [2.45, 2.75) is 78.6 Å². The molecule has 0 amide bonds. The van der Waals surface area contributed by atoms with E-state index in [1.807, 2.05) is 12.1 Å². The molecule has 2 nitrogen and oxygen atoms in total. The van der Waals surface area contributed by atoms with E-state index in [0.29, 0.717) is 18.4 Å². The summed E-state index contributed by atoms with van der Waals surface area (Å²) in [6.07, 6.45) is 6.50. The van der Waals surface area contributed by atoms with Crippen molar-refractivity contribution in [3.63, 3.8) is 0 Å². The van der Waals surface area contributed by atoms with Crippen molar-refractivity contribution in [2.75, 3.05) is 0 Å². The minimum Gasteiger partial charge on any atom is -0.512 e. The van der Waals surface area contributed by atoms with E-state index in [4.69, 9.17) is 0 Å². The summed E-state index contributed by atoms with van der Waals surface area (Å²) in [6.45, 7) is 15.7. The van der Waals surface area contributed by atoms with Crippen LogP contribution >= 0.6 is 0 Å². The molecule has 1 N–H and O–H groups in total. The number of aliphatic hydroxyl groups excluding tert-OH is 1. The summed E-state index contributed by atoms with van der Waals surface area (Å²) in [6, 6.07) is 12.9. The summed E-state index contributed by atoms with van der Waals surface area (Å²) in [4.78, 5) is 12.4. The van der Waals surface area contributed by atoms with Crippen LogP contribution in [0.1, 0.15) is 94.2 Å². The highest BCUT2D eigenvalue weighted by atomic mass is 16.3. The monoisotopic (exact) mass is 440 g/mol. The topological polar surface area (TPSA) is 37.3 Å². The molecule has 0 aromatic heterocycles. The third kappa shape index (κ3) is 4.12. The number of benzene rings is 2. The number of rotatable bonds is 3. The smallest absolute Gasteiger partial charge is 0.166 e. The predicted molar refractivity (Wildman–Crippen MR) is 139 cm³/mol. The van der Waals surface area contributed by atoms with Gasteiger partial charge in [0, 0.05) is 23.7 Å². The molecule has 0 aliphatic heterocycles. The van der Waals surface area contributed by atoms with Crippen LogP contribution in [-0.2, 0) is 15.6 Å². The quantitative estimate of drug-likeness (QED) is 0.491. The molecule has 2 aromatic rings. The normalized spacial score (nSPS) is 18.8. The second-order valence-electron chi connectivity index (χ2n) is 11.0. The van der Waals surface area contributed by atoms with Crippen molar-refractivity contribution >= 4 is 16.9 Å². The van der Waals surface area contributed by atoms with E-state index in [-0.39, 0.29) is 22.4 Å². The van der Waals surface area contributed by atoms with Gasteiger partial charge in [0.15, 0.2) is 5.78 Å². The number of aryl methyl sites for hydroxylation is 1. The van der Waals surface area contributed by atoms with Crippen molar-refractivity contribution in [1.82, 2.24) is 0 Å². The van der Waals surface area contributed by atoms with Crippen molar-refractivity contribution in [1.29, 1.82) is 0 Å². The molecule has 0 saturated carbocycles. The standard InChI is InChI=1S/C31H36O2/c1-19(2)28(21-11-13-22(14-12-21)29-26(32)9-8-10-27(29)33)23-18-25-24(17-20(23)3)30(4,5)15-16-31(25,6)7/h11-18,32H,8-10H2,1-7H3. The van der Waals surface area contributed by atoms with Crippen LogP contribution in [0.15, 0.2) is 59.9 Å². The molecule has 0 atom stereocenters. The van der Waals surface area contributed by atoms with Crippen LogP contribution in [0.5, 0.6) is 0 Å². The van der Waals surface area contributed by atoms with E-state index in [0.717, 1.165) is 17.5 Å². The second kappa shape index (κ2) is 8.17. The van der Waals surface area contributed by atoms with Crippen molar-refractivity contribution in [2.24, 2.45) is 0 Å². The molecular formula is C31H36O2. The summed E-state index contributed by atoms with van der Waals surface area (Å²) in [5, 5.41) is 10.3. The van der Waals surface area contributed by atoms with Crippen LogP contribution < -0.4 is 0 Å². The number of aliphatic hydroxyl groups is 1. The average molecular weight is 441 g/mol. The molecule has 33 heavy (non-hydrogen) atoms. The molecule has 0 radical (unpaired) electrons. The fourth-order valence-corrected chi connectivity index (χ4v) is 5.31. The number of Topliss-reactive ketones (excluding diaryl/α,β-unsaturated/α-hetero) is 1. The Morgan fingerprint density at radius 2 is 1.45 bits per heavy atom. The summed E-state index contributed by atoms with van der Waals surface area (Å²) < 4.78 is 0. The minimum atomic E-state index is -0.0186. The molecule has 2 aromatic carbocycles. The zero-order valence-electron chi connectivity index (χ0n) is 21.1. The summed E-state index contributed by atoms with van der Waals surface area (Å²) in [5.41, 5.74) is 10.2. The Bertz CT molecular complexity index is 1210. The fourth-order valence-electron chi connectivity index (χ4n) is 5.31. The van der Waals surface area contributed by atoms with Gasteiger partial charge in [-0.2, -0.15) is 0 Å². The molecule has 2 aliphatic carbocycles. The Balaban J connectivity index is 1.82. The van der Waals surface area contributed by atoms with Gasteiger partial charge in [0.05, 0.1) is 5.57 Å². The molecule has 0 saturated heterocycles. The number of ketones is 1. The molecule has 0 spiro atoms. The fraction of sp³-hybridized carbons (Fsp3) is 0.387.